The summed E-state index contributed by atoms with van der Waals surface area (Å²) >= 11 is 0. The van der Waals surface area contributed by atoms with Crippen LogP contribution >= 0.6 is 0 Å². The zero-order chi connectivity index (χ0) is 14.7. The van der Waals surface area contributed by atoms with E-state index in [0.717, 1.165) is 11.1 Å². The molecule has 2 aromatic rings. The van der Waals surface area contributed by atoms with Gasteiger partial charge in [-0.2, -0.15) is 0 Å². The van der Waals surface area contributed by atoms with E-state index in [1.54, 1.807) is 18.2 Å². The third-order valence-corrected chi connectivity index (χ3v) is 3.05. The lowest BCUT2D eigenvalue weighted by Gasteiger charge is -2.14. The molecular weight excluding hydrogens is 254 g/mol. The number of aryl methyl sites for hydroxylation is 1. The number of hydrogen-bond donors (Lipinski definition) is 1. The highest BCUT2D eigenvalue weighted by Gasteiger charge is 2.15. The normalized spacial score (nSPS) is 10.2. The van der Waals surface area contributed by atoms with Gasteiger partial charge in [-0.25, -0.2) is 4.79 Å². The molecule has 4 heteroatoms. The van der Waals surface area contributed by atoms with Gasteiger partial charge in [0.2, 0.25) is 0 Å². The van der Waals surface area contributed by atoms with Crippen molar-refractivity contribution in [1.82, 2.24) is 0 Å². The van der Waals surface area contributed by atoms with Crippen LogP contribution in [-0.2, 0) is 4.74 Å². The van der Waals surface area contributed by atoms with Crippen molar-refractivity contribution in [2.24, 2.45) is 0 Å². The Morgan fingerprint density at radius 3 is 2.45 bits per heavy atom. The number of esters is 1. The molecule has 2 rings (SSSR count). The topological polar surface area (TPSA) is 61.5 Å². The van der Waals surface area contributed by atoms with Crippen LogP contribution in [0.25, 0.3) is 0 Å². The number of benzene rings is 2. The van der Waals surface area contributed by atoms with Crippen LogP contribution in [0.1, 0.15) is 21.5 Å². The summed E-state index contributed by atoms with van der Waals surface area (Å²) in [6, 6.07) is 10.9. The Balaban J connectivity index is 2.45. The molecule has 0 aromatic heterocycles. The molecule has 0 saturated carbocycles. The molecule has 104 valence electrons. The van der Waals surface area contributed by atoms with E-state index < -0.39 is 0 Å². The van der Waals surface area contributed by atoms with Crippen LogP contribution in [0.2, 0.25) is 0 Å². The lowest BCUT2D eigenvalue weighted by atomic mass is 10.0. The first-order valence-electron chi connectivity index (χ1n) is 6.25. The Hall–Kier alpha value is -2.49. The number of nitrogens with two attached hydrogens (primary N) is 1. The maximum absolute atomic E-state index is 11.8. The van der Waals surface area contributed by atoms with Gasteiger partial charge in [0.15, 0.2) is 0 Å². The number of rotatable bonds is 3. The molecule has 0 heterocycles. The van der Waals surface area contributed by atoms with Crippen LogP contribution in [0.5, 0.6) is 11.5 Å². The lowest BCUT2D eigenvalue weighted by molar-refractivity contribution is 0.0599. The molecule has 2 aromatic carbocycles. The summed E-state index contributed by atoms with van der Waals surface area (Å²) in [6.07, 6.45) is 0. The monoisotopic (exact) mass is 271 g/mol. The number of para-hydroxylation sites is 2. The van der Waals surface area contributed by atoms with Gasteiger partial charge in [0.25, 0.3) is 0 Å². The van der Waals surface area contributed by atoms with Crippen molar-refractivity contribution in [1.29, 1.82) is 0 Å². The maximum Gasteiger partial charge on any atom is 0.338 e. The van der Waals surface area contributed by atoms with E-state index in [1.165, 1.54) is 7.11 Å². The van der Waals surface area contributed by atoms with Crippen LogP contribution in [0, 0.1) is 13.8 Å². The molecule has 0 bridgehead atoms. The minimum absolute atomic E-state index is 0.378. The number of carbonyl (C=O) groups excluding carboxylic acids is 1. The van der Waals surface area contributed by atoms with E-state index in [0.29, 0.717) is 22.7 Å². The number of ether oxygens (including phenoxy) is 2. The molecule has 0 fully saturated rings. The molecular formula is C16H17NO3. The van der Waals surface area contributed by atoms with Crippen LogP contribution in [0.15, 0.2) is 36.4 Å². The van der Waals surface area contributed by atoms with Crippen molar-refractivity contribution in [3.63, 3.8) is 0 Å². The summed E-state index contributed by atoms with van der Waals surface area (Å²) < 4.78 is 10.6. The van der Waals surface area contributed by atoms with Gasteiger partial charge in [0.05, 0.1) is 18.4 Å². The van der Waals surface area contributed by atoms with Crippen LogP contribution < -0.4 is 10.5 Å². The smallest absolute Gasteiger partial charge is 0.338 e. The summed E-state index contributed by atoms with van der Waals surface area (Å²) in [4.78, 5) is 11.8. The number of nitrogen functional groups attached to an aromatic ring is 1. The number of hydrogen-bond acceptors (Lipinski definition) is 4. The summed E-state index contributed by atoms with van der Waals surface area (Å²) in [5, 5.41) is 0. The molecule has 0 radical (unpaired) electrons. The Morgan fingerprint density at radius 2 is 1.80 bits per heavy atom. The van der Waals surface area contributed by atoms with Crippen LogP contribution in [0.4, 0.5) is 5.69 Å². The quantitative estimate of drug-likeness (QED) is 0.686. The van der Waals surface area contributed by atoms with Gasteiger partial charge < -0.3 is 15.2 Å². The summed E-state index contributed by atoms with van der Waals surface area (Å²) in [5.41, 5.74) is 8.55. The highest BCUT2D eigenvalue weighted by Crippen LogP contribution is 2.31. The van der Waals surface area contributed by atoms with E-state index >= 15 is 0 Å². The SMILES string of the molecule is COC(=O)c1cc(C)cc(Oc2ccccc2N)c1C. The van der Waals surface area contributed by atoms with Crippen LogP contribution in [-0.4, -0.2) is 13.1 Å². The number of carbonyl (C=O) groups is 1. The lowest BCUT2D eigenvalue weighted by Crippen LogP contribution is -2.05. The second-order valence-corrected chi connectivity index (χ2v) is 4.57. The van der Waals surface area contributed by atoms with Crippen LogP contribution in [0.3, 0.4) is 0 Å². The average Bonchev–Trinajstić information content (AvgIpc) is 2.44. The van der Waals surface area contributed by atoms with E-state index in [9.17, 15) is 4.79 Å². The van der Waals surface area contributed by atoms with Crippen molar-refractivity contribution < 1.29 is 14.3 Å². The van der Waals surface area contributed by atoms with Crippen molar-refractivity contribution in [2.75, 3.05) is 12.8 Å². The first kappa shape index (κ1) is 13.9. The minimum atomic E-state index is -0.378. The highest BCUT2D eigenvalue weighted by atomic mass is 16.5. The third-order valence-electron chi connectivity index (χ3n) is 3.05. The average molecular weight is 271 g/mol. The molecule has 0 aliphatic carbocycles. The van der Waals surface area contributed by atoms with Crippen molar-refractivity contribution in [3.05, 3.63) is 53.1 Å². The Kier molecular flexibility index (Phi) is 3.94. The van der Waals surface area contributed by atoms with Gasteiger partial charge in [-0.3, -0.25) is 0 Å². The van der Waals surface area contributed by atoms with Crippen molar-refractivity contribution in [2.45, 2.75) is 13.8 Å². The summed E-state index contributed by atoms with van der Waals surface area (Å²) in [5.74, 6) is 0.789. The van der Waals surface area contributed by atoms with E-state index in [2.05, 4.69) is 0 Å². The summed E-state index contributed by atoms with van der Waals surface area (Å²) in [6.45, 7) is 3.72. The second kappa shape index (κ2) is 5.65. The van der Waals surface area contributed by atoms with Crippen molar-refractivity contribution >= 4 is 11.7 Å². The molecule has 0 amide bonds. The Labute approximate surface area is 118 Å². The van der Waals surface area contributed by atoms with Gasteiger partial charge in [0, 0.05) is 5.56 Å². The molecule has 20 heavy (non-hydrogen) atoms. The molecule has 0 unspecified atom stereocenters. The van der Waals surface area contributed by atoms with Gasteiger partial charge >= 0.3 is 5.97 Å². The minimum Gasteiger partial charge on any atom is -0.465 e. The Morgan fingerprint density at radius 1 is 1.10 bits per heavy atom. The molecule has 0 aliphatic rings. The zero-order valence-electron chi connectivity index (χ0n) is 11.8. The van der Waals surface area contributed by atoms with Gasteiger partial charge in [-0.15, -0.1) is 0 Å². The highest BCUT2D eigenvalue weighted by molar-refractivity contribution is 5.92. The first-order valence-corrected chi connectivity index (χ1v) is 6.25. The fourth-order valence-corrected chi connectivity index (χ4v) is 1.95. The third kappa shape index (κ3) is 2.74. The molecule has 0 spiro atoms. The molecule has 2 N–H and O–H groups in total. The molecule has 0 atom stereocenters. The molecule has 0 aliphatic heterocycles. The maximum atomic E-state index is 11.8. The van der Waals surface area contributed by atoms with Crippen molar-refractivity contribution in [3.8, 4) is 11.5 Å². The van der Waals surface area contributed by atoms with Gasteiger partial charge in [-0.1, -0.05) is 12.1 Å². The van der Waals surface area contributed by atoms with Gasteiger partial charge in [-0.05, 0) is 43.7 Å². The predicted molar refractivity (Wildman–Crippen MR) is 78.2 cm³/mol. The van der Waals surface area contributed by atoms with E-state index in [4.69, 9.17) is 15.2 Å². The zero-order valence-corrected chi connectivity index (χ0v) is 11.8. The fraction of sp³-hybridized carbons (Fsp3) is 0.188. The summed E-state index contributed by atoms with van der Waals surface area (Å²) in [7, 11) is 1.36. The molecule has 0 saturated heterocycles. The standard InChI is InChI=1S/C16H17NO3/c1-10-8-12(16(18)19-3)11(2)15(9-10)20-14-7-5-4-6-13(14)17/h4-9H,17H2,1-3H3. The number of anilines is 1. The first-order chi connectivity index (χ1) is 9.52. The van der Waals surface area contributed by atoms with Gasteiger partial charge in [0.1, 0.15) is 11.5 Å². The predicted octanol–water partition coefficient (Wildman–Crippen LogP) is 3.46. The second-order valence-electron chi connectivity index (χ2n) is 4.57. The van der Waals surface area contributed by atoms with E-state index in [1.807, 2.05) is 32.0 Å². The van der Waals surface area contributed by atoms with E-state index in [-0.39, 0.29) is 5.97 Å². The molecule has 4 nitrogen and oxygen atoms in total. The fourth-order valence-electron chi connectivity index (χ4n) is 1.95. The number of methoxy groups -OCH3 is 1. The Bertz CT molecular complexity index is 650. The largest absolute Gasteiger partial charge is 0.465 e.